The molecule has 1 atom stereocenters. The van der Waals surface area contributed by atoms with Crippen LogP contribution in [-0.2, 0) is 17.4 Å². The molecule has 0 saturated carbocycles. The summed E-state index contributed by atoms with van der Waals surface area (Å²) < 4.78 is 43.4. The van der Waals surface area contributed by atoms with Crippen LogP contribution in [0.1, 0.15) is 11.1 Å². The molecule has 5 nitrogen and oxygen atoms in total. The highest BCUT2D eigenvalue weighted by atomic mass is 32.2. The van der Waals surface area contributed by atoms with Crippen molar-refractivity contribution in [1.29, 1.82) is 0 Å². The summed E-state index contributed by atoms with van der Waals surface area (Å²) in [6.45, 7) is 0. The molecular formula is C18H13F3N2O3S. The molecule has 1 saturated heterocycles. The molecule has 0 aliphatic carbocycles. The number of nitrogens with zero attached hydrogens (tertiary/aromatic N) is 1. The largest absolute Gasteiger partial charge is 0.441 e. The third-order valence-electron chi connectivity index (χ3n) is 3.59. The Morgan fingerprint density at radius 3 is 2.59 bits per heavy atom. The molecule has 140 valence electrons. The quantitative estimate of drug-likeness (QED) is 0.853. The third kappa shape index (κ3) is 5.10. The highest BCUT2D eigenvalue weighted by molar-refractivity contribution is 8.15. The lowest BCUT2D eigenvalue weighted by Crippen LogP contribution is -2.26. The van der Waals surface area contributed by atoms with Gasteiger partial charge in [-0.1, -0.05) is 48.2 Å². The zero-order valence-corrected chi connectivity index (χ0v) is 14.5. The van der Waals surface area contributed by atoms with E-state index in [1.807, 2.05) is 0 Å². The Morgan fingerprint density at radius 1 is 1.15 bits per heavy atom. The van der Waals surface area contributed by atoms with Crippen molar-refractivity contribution in [1.82, 2.24) is 5.32 Å². The summed E-state index contributed by atoms with van der Waals surface area (Å²) in [5.74, 6) is -0.120. The average Bonchev–Trinajstić information content (AvgIpc) is 2.94. The fourth-order valence-corrected chi connectivity index (χ4v) is 3.37. The molecule has 2 aromatic rings. The SMILES string of the molecule is O=C(/N=C1\NC(=O)C(Cc2cccc(C(F)(F)F)c2)S1)Oc1ccccc1. The fraction of sp³-hybridized carbons (Fsp3) is 0.167. The number of rotatable bonds is 3. The van der Waals surface area contributed by atoms with E-state index in [2.05, 4.69) is 10.3 Å². The number of ether oxygens (including phenoxy) is 1. The summed E-state index contributed by atoms with van der Waals surface area (Å²) in [5.41, 5.74) is -0.408. The van der Waals surface area contributed by atoms with Gasteiger partial charge in [-0.2, -0.15) is 18.2 Å². The zero-order valence-electron chi connectivity index (χ0n) is 13.7. The normalized spacial score (nSPS) is 18.4. The first-order valence-electron chi connectivity index (χ1n) is 7.80. The van der Waals surface area contributed by atoms with Crippen molar-refractivity contribution in [3.8, 4) is 5.75 Å². The first-order chi connectivity index (χ1) is 12.8. The molecular weight excluding hydrogens is 381 g/mol. The second kappa shape index (κ2) is 7.83. The second-order valence-electron chi connectivity index (χ2n) is 5.60. The van der Waals surface area contributed by atoms with Gasteiger partial charge in [-0.15, -0.1) is 0 Å². The predicted molar refractivity (Wildman–Crippen MR) is 94.6 cm³/mol. The lowest BCUT2D eigenvalue weighted by molar-refractivity contribution is -0.137. The number of carbonyl (C=O) groups is 2. The molecule has 0 spiro atoms. The number of amides is 2. The van der Waals surface area contributed by atoms with Crippen molar-refractivity contribution in [3.63, 3.8) is 0 Å². The van der Waals surface area contributed by atoms with Crippen LogP contribution in [0.15, 0.2) is 59.6 Å². The molecule has 3 rings (SSSR count). The minimum absolute atomic E-state index is 0.0536. The monoisotopic (exact) mass is 394 g/mol. The van der Waals surface area contributed by atoms with Crippen LogP contribution in [0.5, 0.6) is 5.75 Å². The summed E-state index contributed by atoms with van der Waals surface area (Å²) in [5, 5.41) is 1.81. The van der Waals surface area contributed by atoms with Crippen LogP contribution in [0.3, 0.4) is 0 Å². The number of aliphatic imine (C=N–C) groups is 1. The topological polar surface area (TPSA) is 67.8 Å². The molecule has 1 aliphatic rings. The summed E-state index contributed by atoms with van der Waals surface area (Å²) >= 11 is 0.973. The molecule has 0 radical (unpaired) electrons. The van der Waals surface area contributed by atoms with Gasteiger partial charge in [-0.05, 0) is 30.2 Å². The Kier molecular flexibility index (Phi) is 5.50. The number of benzene rings is 2. The molecule has 9 heteroatoms. The standard InChI is InChI=1S/C18H13F3N2O3S/c19-18(20,21)12-6-4-5-11(9-12)10-14-15(24)22-16(27-14)23-17(25)26-13-7-2-1-3-8-13/h1-9,14H,10H2,(H,22,23,24,25). The number of para-hydroxylation sites is 1. The van der Waals surface area contributed by atoms with Crippen molar-refractivity contribution >= 4 is 28.9 Å². The van der Waals surface area contributed by atoms with Gasteiger partial charge < -0.3 is 10.1 Å². The van der Waals surface area contributed by atoms with Gasteiger partial charge in [0.25, 0.3) is 0 Å². The van der Waals surface area contributed by atoms with Crippen LogP contribution in [0, 0.1) is 0 Å². The van der Waals surface area contributed by atoms with Crippen LogP contribution in [-0.4, -0.2) is 22.4 Å². The molecule has 1 aliphatic heterocycles. The number of alkyl halides is 3. The number of nitrogens with one attached hydrogen (secondary N) is 1. The maximum Gasteiger partial charge on any atom is 0.441 e. The molecule has 1 unspecified atom stereocenters. The summed E-state index contributed by atoms with van der Waals surface area (Å²) in [6.07, 6.45) is -5.27. The molecule has 1 fully saturated rings. The van der Waals surface area contributed by atoms with Crippen LogP contribution in [0.2, 0.25) is 0 Å². The van der Waals surface area contributed by atoms with E-state index in [-0.39, 0.29) is 11.6 Å². The van der Waals surface area contributed by atoms with Gasteiger partial charge in [0, 0.05) is 0 Å². The summed E-state index contributed by atoms with van der Waals surface area (Å²) in [4.78, 5) is 27.5. The first kappa shape index (κ1) is 19.0. The van der Waals surface area contributed by atoms with Gasteiger partial charge in [0.2, 0.25) is 5.91 Å². The maximum absolute atomic E-state index is 12.8. The molecule has 27 heavy (non-hydrogen) atoms. The van der Waals surface area contributed by atoms with Gasteiger partial charge in [0.1, 0.15) is 5.75 Å². The van der Waals surface area contributed by atoms with E-state index >= 15 is 0 Å². The lowest BCUT2D eigenvalue weighted by atomic mass is 10.1. The van der Waals surface area contributed by atoms with Crippen LogP contribution >= 0.6 is 11.8 Å². The third-order valence-corrected chi connectivity index (χ3v) is 4.67. The Morgan fingerprint density at radius 2 is 1.89 bits per heavy atom. The fourth-order valence-electron chi connectivity index (χ4n) is 2.38. The van der Waals surface area contributed by atoms with Gasteiger partial charge in [0.15, 0.2) is 5.17 Å². The summed E-state index contributed by atoms with van der Waals surface area (Å²) in [7, 11) is 0. The van der Waals surface area contributed by atoms with E-state index in [9.17, 15) is 22.8 Å². The van der Waals surface area contributed by atoms with E-state index in [0.717, 1.165) is 23.9 Å². The van der Waals surface area contributed by atoms with Crippen LogP contribution < -0.4 is 10.1 Å². The maximum atomic E-state index is 12.8. The molecule has 0 bridgehead atoms. The minimum atomic E-state index is -4.45. The smallest absolute Gasteiger partial charge is 0.409 e. The molecule has 2 amide bonds. The Labute approximate surface area is 156 Å². The second-order valence-corrected chi connectivity index (χ2v) is 6.79. The van der Waals surface area contributed by atoms with Crippen molar-refractivity contribution in [2.45, 2.75) is 17.8 Å². The minimum Gasteiger partial charge on any atom is -0.409 e. The van der Waals surface area contributed by atoms with Gasteiger partial charge in [-0.3, -0.25) is 4.79 Å². The van der Waals surface area contributed by atoms with E-state index in [0.29, 0.717) is 11.3 Å². The highest BCUT2D eigenvalue weighted by Gasteiger charge is 2.33. The number of thioether (sulfide) groups is 1. The van der Waals surface area contributed by atoms with Gasteiger partial charge >= 0.3 is 12.3 Å². The molecule has 2 aromatic carbocycles. The van der Waals surface area contributed by atoms with Crippen LogP contribution in [0.25, 0.3) is 0 Å². The van der Waals surface area contributed by atoms with Crippen molar-refractivity contribution < 1.29 is 27.5 Å². The number of amidine groups is 1. The Bertz CT molecular complexity index is 885. The Balaban J connectivity index is 1.64. The molecule has 1 heterocycles. The van der Waals surface area contributed by atoms with E-state index in [1.54, 1.807) is 30.3 Å². The van der Waals surface area contributed by atoms with Crippen molar-refractivity contribution in [3.05, 3.63) is 65.7 Å². The lowest BCUT2D eigenvalue weighted by Gasteiger charge is -2.10. The summed E-state index contributed by atoms with van der Waals surface area (Å²) in [6, 6.07) is 13.1. The predicted octanol–water partition coefficient (Wildman–Crippen LogP) is 4.03. The van der Waals surface area contributed by atoms with E-state index < -0.39 is 29.0 Å². The van der Waals surface area contributed by atoms with E-state index in [4.69, 9.17) is 4.74 Å². The van der Waals surface area contributed by atoms with Crippen molar-refractivity contribution in [2.24, 2.45) is 4.99 Å². The number of carbonyl (C=O) groups excluding carboxylic acids is 2. The van der Waals surface area contributed by atoms with Gasteiger partial charge in [0.05, 0.1) is 10.8 Å². The van der Waals surface area contributed by atoms with E-state index in [1.165, 1.54) is 12.1 Å². The van der Waals surface area contributed by atoms with Gasteiger partial charge in [-0.25, -0.2) is 4.79 Å². The molecule has 1 N–H and O–H groups in total. The average molecular weight is 394 g/mol. The number of hydrogen-bond acceptors (Lipinski definition) is 4. The van der Waals surface area contributed by atoms with Crippen molar-refractivity contribution in [2.75, 3.05) is 0 Å². The number of hydrogen-bond donors (Lipinski definition) is 1. The molecule has 0 aromatic heterocycles. The van der Waals surface area contributed by atoms with Crippen LogP contribution in [0.4, 0.5) is 18.0 Å². The zero-order chi connectivity index (χ0) is 19.4. The number of halogens is 3. The first-order valence-corrected chi connectivity index (χ1v) is 8.68. The highest BCUT2D eigenvalue weighted by Crippen LogP contribution is 2.31. The Hall–Kier alpha value is -2.81.